The molecule has 3 aromatic rings. The number of carbonyl (C=O) groups excluding carboxylic acids is 1. The summed E-state index contributed by atoms with van der Waals surface area (Å²) < 4.78 is 1.09. The third-order valence-electron chi connectivity index (χ3n) is 2.82. The largest absolute Gasteiger partial charge is 0.288 e. The molecule has 4 heteroatoms. The van der Waals surface area contributed by atoms with Gasteiger partial charge in [0.15, 0.2) is 0 Å². The first kappa shape index (κ1) is 12.7. The summed E-state index contributed by atoms with van der Waals surface area (Å²) in [5, 5.41) is 2.00. The Morgan fingerprint density at radius 2 is 1.79 bits per heavy atom. The fraction of sp³-hybridized carbons (Fsp3) is 0. The van der Waals surface area contributed by atoms with Crippen LogP contribution in [0.2, 0.25) is 10.0 Å². The molecular formula is C15H8Cl2OS. The molecule has 0 aliphatic heterocycles. The molecule has 0 fully saturated rings. The predicted molar refractivity (Wildman–Crippen MR) is 81.7 cm³/mol. The van der Waals surface area contributed by atoms with E-state index in [2.05, 4.69) is 0 Å². The highest BCUT2D eigenvalue weighted by molar-refractivity contribution is 7.21. The minimum atomic E-state index is -0.0892. The third kappa shape index (κ3) is 2.39. The van der Waals surface area contributed by atoms with Gasteiger partial charge in [-0.2, -0.15) is 0 Å². The highest BCUT2D eigenvalue weighted by Gasteiger charge is 2.16. The van der Waals surface area contributed by atoms with Gasteiger partial charge in [-0.1, -0.05) is 41.4 Å². The lowest BCUT2D eigenvalue weighted by Crippen LogP contribution is -1.99. The molecule has 0 unspecified atom stereocenters. The number of carbonyl (C=O) groups is 1. The van der Waals surface area contributed by atoms with E-state index >= 15 is 0 Å². The number of hydrogen-bond acceptors (Lipinski definition) is 2. The maximum atomic E-state index is 12.5. The zero-order valence-electron chi connectivity index (χ0n) is 9.69. The minimum absolute atomic E-state index is 0.0892. The van der Waals surface area contributed by atoms with Crippen molar-refractivity contribution < 1.29 is 4.79 Å². The molecule has 19 heavy (non-hydrogen) atoms. The van der Waals surface area contributed by atoms with Gasteiger partial charge >= 0.3 is 0 Å². The molecule has 0 saturated heterocycles. The summed E-state index contributed by atoms with van der Waals surface area (Å²) >= 11 is 13.4. The molecule has 0 aliphatic carbocycles. The topological polar surface area (TPSA) is 17.1 Å². The fourth-order valence-corrected chi connectivity index (χ4v) is 3.29. The Hall–Kier alpha value is -1.35. The molecule has 0 bridgehead atoms. The average Bonchev–Trinajstić information content (AvgIpc) is 2.84. The predicted octanol–water partition coefficient (Wildman–Crippen LogP) is 5.44. The van der Waals surface area contributed by atoms with Crippen molar-refractivity contribution >= 4 is 50.4 Å². The first-order valence-electron chi connectivity index (χ1n) is 5.63. The lowest BCUT2D eigenvalue weighted by Gasteiger charge is -2.01. The van der Waals surface area contributed by atoms with E-state index in [9.17, 15) is 4.79 Å². The van der Waals surface area contributed by atoms with Crippen molar-refractivity contribution in [1.29, 1.82) is 0 Å². The highest BCUT2D eigenvalue weighted by atomic mass is 35.5. The standard InChI is InChI=1S/C15H8Cl2OS/c16-10-5-6-12(17)11(8-10)15(18)14-7-9-3-1-2-4-13(9)19-14/h1-8H. The van der Waals surface area contributed by atoms with Crippen molar-refractivity contribution in [2.75, 3.05) is 0 Å². The van der Waals surface area contributed by atoms with E-state index in [1.807, 2.05) is 30.3 Å². The van der Waals surface area contributed by atoms with Crippen molar-refractivity contribution in [3.63, 3.8) is 0 Å². The van der Waals surface area contributed by atoms with E-state index < -0.39 is 0 Å². The summed E-state index contributed by atoms with van der Waals surface area (Å²) in [6.45, 7) is 0. The molecule has 2 aromatic carbocycles. The van der Waals surface area contributed by atoms with Gasteiger partial charge in [-0.05, 0) is 35.7 Å². The number of thiophene rings is 1. The van der Waals surface area contributed by atoms with Crippen LogP contribution in [0.15, 0.2) is 48.5 Å². The maximum Gasteiger partial charge on any atom is 0.204 e. The van der Waals surface area contributed by atoms with Gasteiger partial charge < -0.3 is 0 Å². The Bertz CT molecular complexity index is 744. The SMILES string of the molecule is O=C(c1cc2ccccc2s1)c1cc(Cl)ccc1Cl. The summed E-state index contributed by atoms with van der Waals surface area (Å²) in [5.74, 6) is -0.0892. The Kier molecular flexibility index (Phi) is 3.31. The molecule has 3 rings (SSSR count). The summed E-state index contributed by atoms with van der Waals surface area (Å²) in [7, 11) is 0. The first-order chi connectivity index (χ1) is 9.15. The number of halogens is 2. The van der Waals surface area contributed by atoms with Crippen molar-refractivity contribution in [3.05, 3.63) is 69.0 Å². The van der Waals surface area contributed by atoms with Crippen LogP contribution in [0.5, 0.6) is 0 Å². The zero-order valence-corrected chi connectivity index (χ0v) is 12.0. The van der Waals surface area contributed by atoms with Crippen LogP contribution in [-0.2, 0) is 0 Å². The highest BCUT2D eigenvalue weighted by Crippen LogP contribution is 2.30. The van der Waals surface area contributed by atoms with Crippen LogP contribution < -0.4 is 0 Å². The van der Waals surface area contributed by atoms with Gasteiger partial charge in [-0.3, -0.25) is 4.79 Å². The van der Waals surface area contributed by atoms with Gasteiger partial charge in [-0.25, -0.2) is 0 Å². The van der Waals surface area contributed by atoms with Crippen molar-refractivity contribution in [2.45, 2.75) is 0 Å². The number of hydrogen-bond donors (Lipinski definition) is 0. The second kappa shape index (κ2) is 4.97. The Balaban J connectivity index is 2.10. The van der Waals surface area contributed by atoms with Gasteiger partial charge in [-0.15, -0.1) is 11.3 Å². The molecule has 1 nitrogen and oxygen atoms in total. The van der Waals surface area contributed by atoms with Gasteiger partial charge in [0.25, 0.3) is 0 Å². The van der Waals surface area contributed by atoms with Crippen LogP contribution >= 0.6 is 34.5 Å². The monoisotopic (exact) mass is 306 g/mol. The van der Waals surface area contributed by atoms with Crippen molar-refractivity contribution in [2.24, 2.45) is 0 Å². The van der Waals surface area contributed by atoms with Gasteiger partial charge in [0, 0.05) is 15.3 Å². The molecule has 94 valence electrons. The van der Waals surface area contributed by atoms with Crippen molar-refractivity contribution in [3.8, 4) is 0 Å². The van der Waals surface area contributed by atoms with Crippen molar-refractivity contribution in [1.82, 2.24) is 0 Å². The first-order valence-corrected chi connectivity index (χ1v) is 7.21. The lowest BCUT2D eigenvalue weighted by molar-refractivity contribution is 0.104. The van der Waals surface area contributed by atoms with Crippen LogP contribution in [0.25, 0.3) is 10.1 Å². The van der Waals surface area contributed by atoms with Crippen LogP contribution in [0.1, 0.15) is 15.2 Å². The van der Waals surface area contributed by atoms with Crippen LogP contribution in [0.4, 0.5) is 0 Å². The lowest BCUT2D eigenvalue weighted by atomic mass is 10.1. The molecular weight excluding hydrogens is 299 g/mol. The van der Waals surface area contributed by atoms with E-state index in [0.29, 0.717) is 20.5 Å². The fourth-order valence-electron chi connectivity index (χ4n) is 1.90. The average molecular weight is 307 g/mol. The van der Waals surface area contributed by atoms with E-state index in [1.165, 1.54) is 11.3 Å². The van der Waals surface area contributed by atoms with E-state index in [1.54, 1.807) is 18.2 Å². The van der Waals surface area contributed by atoms with Gasteiger partial charge in [0.2, 0.25) is 5.78 Å². The maximum absolute atomic E-state index is 12.5. The summed E-state index contributed by atoms with van der Waals surface area (Å²) in [5.41, 5.74) is 0.445. The number of benzene rings is 2. The van der Waals surface area contributed by atoms with E-state index in [0.717, 1.165) is 10.1 Å². The van der Waals surface area contributed by atoms with Crippen LogP contribution in [-0.4, -0.2) is 5.78 Å². The van der Waals surface area contributed by atoms with E-state index in [-0.39, 0.29) is 5.78 Å². The van der Waals surface area contributed by atoms with Gasteiger partial charge in [0.05, 0.1) is 9.90 Å². The molecule has 0 aliphatic rings. The molecule has 0 saturated carbocycles. The Morgan fingerprint density at radius 1 is 1.00 bits per heavy atom. The number of fused-ring (bicyclic) bond motifs is 1. The summed E-state index contributed by atoms with van der Waals surface area (Å²) in [4.78, 5) is 13.1. The smallest absolute Gasteiger partial charge is 0.204 e. The minimum Gasteiger partial charge on any atom is -0.288 e. The molecule has 0 N–H and O–H groups in total. The Labute approximate surface area is 124 Å². The Morgan fingerprint density at radius 3 is 2.58 bits per heavy atom. The normalized spacial score (nSPS) is 10.8. The van der Waals surface area contributed by atoms with E-state index in [4.69, 9.17) is 23.2 Å². The molecule has 0 atom stereocenters. The molecule has 0 spiro atoms. The van der Waals surface area contributed by atoms with Crippen LogP contribution in [0, 0.1) is 0 Å². The second-order valence-corrected chi connectivity index (χ2v) is 6.03. The molecule has 0 amide bonds. The molecule has 1 aromatic heterocycles. The summed E-state index contributed by atoms with van der Waals surface area (Å²) in [6, 6.07) is 14.7. The number of ketones is 1. The second-order valence-electron chi connectivity index (χ2n) is 4.10. The summed E-state index contributed by atoms with van der Waals surface area (Å²) in [6.07, 6.45) is 0. The zero-order chi connectivity index (χ0) is 13.4. The quantitative estimate of drug-likeness (QED) is 0.576. The third-order valence-corrected chi connectivity index (χ3v) is 4.50. The van der Waals surface area contributed by atoms with Gasteiger partial charge in [0.1, 0.15) is 0 Å². The van der Waals surface area contributed by atoms with Crippen LogP contribution in [0.3, 0.4) is 0 Å². The molecule has 1 heterocycles. The molecule has 0 radical (unpaired) electrons. The number of rotatable bonds is 2.